The first-order chi connectivity index (χ1) is 15.7. The van der Waals surface area contributed by atoms with E-state index in [1.54, 1.807) is 11.3 Å². The number of piperidine rings is 2. The van der Waals surface area contributed by atoms with E-state index in [0.29, 0.717) is 5.95 Å². The number of hydrogen-bond donors (Lipinski definition) is 3. The molecule has 1 amide bonds. The van der Waals surface area contributed by atoms with Crippen molar-refractivity contribution in [2.24, 2.45) is 0 Å². The van der Waals surface area contributed by atoms with Gasteiger partial charge in [-0.2, -0.15) is 10.1 Å². The van der Waals surface area contributed by atoms with Crippen LogP contribution >= 0.6 is 11.3 Å². The number of ether oxygens (including phenoxy) is 1. The summed E-state index contributed by atoms with van der Waals surface area (Å²) in [5.74, 6) is 2.08. The average Bonchev–Trinajstić information content (AvgIpc) is 3.35. The molecule has 5 heterocycles. The molecule has 0 saturated carbocycles. The Hall–Kier alpha value is -2.88. The fourth-order valence-corrected chi connectivity index (χ4v) is 5.69. The maximum atomic E-state index is 12.9. The number of thiophene rings is 1. The molecule has 0 spiro atoms. The number of nitrogens with one attached hydrogen (secondary N) is 3. The molecular formula is C23H31N7O2S. The molecule has 9 nitrogen and oxygen atoms in total. The number of carbonyl (C=O) groups excluding carboxylic acids is 1. The normalized spacial score (nSPS) is 22.9. The third-order valence-corrected chi connectivity index (χ3v) is 7.08. The van der Waals surface area contributed by atoms with Crippen LogP contribution in [0.4, 0.5) is 22.4 Å². The molecule has 10 heteroatoms. The van der Waals surface area contributed by atoms with E-state index in [4.69, 9.17) is 14.7 Å². The molecule has 0 radical (unpaired) electrons. The highest BCUT2D eigenvalue weighted by Crippen LogP contribution is 2.37. The van der Waals surface area contributed by atoms with E-state index in [-0.39, 0.29) is 24.2 Å². The third-order valence-electron chi connectivity index (χ3n) is 6.17. The van der Waals surface area contributed by atoms with Crippen LogP contribution in [0.2, 0.25) is 0 Å². The summed E-state index contributed by atoms with van der Waals surface area (Å²) < 4.78 is 6.70. The van der Waals surface area contributed by atoms with Gasteiger partial charge < -0.3 is 20.3 Å². The summed E-state index contributed by atoms with van der Waals surface area (Å²) in [7, 11) is 0. The van der Waals surface area contributed by atoms with E-state index in [1.165, 1.54) is 0 Å². The number of nitrogens with zero attached hydrogens (tertiary/aromatic N) is 4. The van der Waals surface area contributed by atoms with Gasteiger partial charge in [0, 0.05) is 29.9 Å². The molecule has 5 rings (SSSR count). The van der Waals surface area contributed by atoms with Crippen LogP contribution in [0.1, 0.15) is 58.6 Å². The zero-order chi connectivity index (χ0) is 23.2. The molecule has 3 N–H and O–H groups in total. The first-order valence-electron chi connectivity index (χ1n) is 11.6. The second kappa shape index (κ2) is 8.48. The zero-order valence-electron chi connectivity index (χ0n) is 19.5. The summed E-state index contributed by atoms with van der Waals surface area (Å²) >= 11 is 1.60. The number of aromatic nitrogens is 4. The van der Waals surface area contributed by atoms with E-state index in [1.807, 2.05) is 50.1 Å². The third kappa shape index (κ3) is 4.75. The maximum absolute atomic E-state index is 12.9. The number of H-pyrrole nitrogens is 1. The number of anilines is 3. The van der Waals surface area contributed by atoms with Crippen molar-refractivity contribution in [1.29, 1.82) is 0 Å². The number of carbonyl (C=O) groups is 1. The number of rotatable bonds is 4. The summed E-state index contributed by atoms with van der Waals surface area (Å²) in [6.45, 7) is 7.72. The fourth-order valence-electron chi connectivity index (χ4n) is 4.91. The fraction of sp³-hybridized carbons (Fsp3) is 0.565. The Bertz CT molecular complexity index is 1140. The van der Waals surface area contributed by atoms with Gasteiger partial charge in [-0.3, -0.25) is 5.10 Å². The topological polar surface area (TPSA) is 108 Å². The van der Waals surface area contributed by atoms with Crippen LogP contribution < -0.4 is 10.6 Å². The lowest BCUT2D eigenvalue weighted by Crippen LogP contribution is -2.58. The molecule has 3 aromatic heterocycles. The highest BCUT2D eigenvalue weighted by molar-refractivity contribution is 7.17. The van der Waals surface area contributed by atoms with Crippen LogP contribution in [0.5, 0.6) is 0 Å². The Morgan fingerprint density at radius 2 is 2.00 bits per heavy atom. The predicted molar refractivity (Wildman–Crippen MR) is 130 cm³/mol. The molecule has 2 saturated heterocycles. The van der Waals surface area contributed by atoms with E-state index in [9.17, 15) is 4.79 Å². The molecular weight excluding hydrogens is 438 g/mol. The molecule has 176 valence electrons. The van der Waals surface area contributed by atoms with Gasteiger partial charge in [-0.15, -0.1) is 11.3 Å². The SMILES string of the molecule is Cc1cc(Nc2nc(NC3C[C@H]4CCC[C@@H](C3)N4C(=O)OC(C)(C)C)nc3ccsc23)n[nH]1. The van der Waals surface area contributed by atoms with Gasteiger partial charge in [-0.25, -0.2) is 9.78 Å². The van der Waals surface area contributed by atoms with Crippen molar-refractivity contribution in [1.82, 2.24) is 25.1 Å². The lowest BCUT2D eigenvalue weighted by molar-refractivity contribution is -0.0199. The van der Waals surface area contributed by atoms with Crippen molar-refractivity contribution >= 4 is 45.2 Å². The van der Waals surface area contributed by atoms with E-state index >= 15 is 0 Å². The molecule has 0 aromatic carbocycles. The Morgan fingerprint density at radius 3 is 2.67 bits per heavy atom. The van der Waals surface area contributed by atoms with Crippen LogP contribution in [-0.2, 0) is 4.74 Å². The molecule has 33 heavy (non-hydrogen) atoms. The van der Waals surface area contributed by atoms with Crippen LogP contribution in [0.15, 0.2) is 17.5 Å². The minimum Gasteiger partial charge on any atom is -0.444 e. The van der Waals surface area contributed by atoms with E-state index < -0.39 is 5.60 Å². The molecule has 3 atom stereocenters. The smallest absolute Gasteiger partial charge is 0.410 e. The average molecular weight is 470 g/mol. The van der Waals surface area contributed by atoms with Gasteiger partial charge in [-0.05, 0) is 71.2 Å². The second-order valence-electron chi connectivity index (χ2n) is 10.0. The highest BCUT2D eigenvalue weighted by atomic mass is 32.1. The summed E-state index contributed by atoms with van der Waals surface area (Å²) in [6, 6.07) is 4.52. The quantitative estimate of drug-likeness (QED) is 0.482. The van der Waals surface area contributed by atoms with Crippen molar-refractivity contribution in [2.75, 3.05) is 10.6 Å². The van der Waals surface area contributed by atoms with Gasteiger partial charge in [0.25, 0.3) is 0 Å². The number of aryl methyl sites for hydroxylation is 1. The number of hydrogen-bond acceptors (Lipinski definition) is 8. The van der Waals surface area contributed by atoms with Crippen molar-refractivity contribution in [2.45, 2.75) is 83.5 Å². The van der Waals surface area contributed by atoms with Crippen LogP contribution in [0.3, 0.4) is 0 Å². The Morgan fingerprint density at radius 1 is 1.24 bits per heavy atom. The van der Waals surface area contributed by atoms with E-state index in [0.717, 1.165) is 59.7 Å². The van der Waals surface area contributed by atoms with Crippen molar-refractivity contribution in [3.05, 3.63) is 23.2 Å². The summed E-state index contributed by atoms with van der Waals surface area (Å²) in [5, 5.41) is 16.1. The van der Waals surface area contributed by atoms with Gasteiger partial charge in [-0.1, -0.05) is 0 Å². The number of aromatic amines is 1. The predicted octanol–water partition coefficient (Wildman–Crippen LogP) is 5.20. The summed E-state index contributed by atoms with van der Waals surface area (Å²) in [5.41, 5.74) is 1.40. The lowest BCUT2D eigenvalue weighted by atomic mass is 9.82. The van der Waals surface area contributed by atoms with Crippen LogP contribution in [-0.4, -0.2) is 54.9 Å². The first-order valence-corrected chi connectivity index (χ1v) is 12.5. The molecule has 0 aliphatic carbocycles. The standard InChI is InChI=1S/C23H31N7O2S/c1-13-10-18(29-28-13)26-20-19-17(8-9-33-19)25-21(27-20)24-14-11-15-6-5-7-16(12-14)30(15)22(31)32-23(2,3)4/h8-10,14-16H,5-7,11-12H2,1-4H3,(H3,24,25,26,27,28,29)/t14?,15-,16+. The minimum atomic E-state index is -0.486. The molecule has 2 fully saturated rings. The van der Waals surface area contributed by atoms with Gasteiger partial charge in [0.2, 0.25) is 5.95 Å². The van der Waals surface area contributed by atoms with Crippen molar-refractivity contribution < 1.29 is 9.53 Å². The largest absolute Gasteiger partial charge is 0.444 e. The summed E-state index contributed by atoms with van der Waals surface area (Å²) in [4.78, 5) is 24.4. The van der Waals surface area contributed by atoms with E-state index in [2.05, 4.69) is 20.8 Å². The zero-order valence-corrected chi connectivity index (χ0v) is 20.3. The Kier molecular flexibility index (Phi) is 5.64. The van der Waals surface area contributed by atoms with Crippen molar-refractivity contribution in [3.63, 3.8) is 0 Å². The van der Waals surface area contributed by atoms with Gasteiger partial charge in [0.05, 0.1) is 10.2 Å². The molecule has 1 unspecified atom stereocenters. The molecule has 2 bridgehead atoms. The number of fused-ring (bicyclic) bond motifs is 3. The van der Waals surface area contributed by atoms with Gasteiger partial charge >= 0.3 is 6.09 Å². The monoisotopic (exact) mass is 469 g/mol. The minimum absolute atomic E-state index is 0.180. The van der Waals surface area contributed by atoms with Gasteiger partial charge in [0.1, 0.15) is 5.60 Å². The Labute approximate surface area is 197 Å². The molecule has 2 aliphatic heterocycles. The lowest BCUT2D eigenvalue weighted by Gasteiger charge is -2.48. The van der Waals surface area contributed by atoms with Crippen molar-refractivity contribution in [3.8, 4) is 0 Å². The second-order valence-corrected chi connectivity index (χ2v) is 10.9. The van der Waals surface area contributed by atoms with Gasteiger partial charge in [0.15, 0.2) is 11.6 Å². The Balaban J connectivity index is 1.34. The molecule has 3 aromatic rings. The number of amides is 1. The van der Waals surface area contributed by atoms with Crippen LogP contribution in [0.25, 0.3) is 10.2 Å². The highest BCUT2D eigenvalue weighted by Gasteiger charge is 2.42. The molecule has 2 aliphatic rings. The first kappa shape index (κ1) is 21.9. The maximum Gasteiger partial charge on any atom is 0.410 e. The summed E-state index contributed by atoms with van der Waals surface area (Å²) in [6.07, 6.45) is 4.69. The van der Waals surface area contributed by atoms with Crippen LogP contribution in [0, 0.1) is 6.92 Å².